The van der Waals surface area contributed by atoms with Gasteiger partial charge in [-0.1, -0.05) is 20.8 Å². The van der Waals surface area contributed by atoms with Crippen molar-refractivity contribution < 1.29 is 14.4 Å². The average molecular weight is 266 g/mol. The topological polar surface area (TPSA) is 66.5 Å². The van der Waals surface area contributed by atoms with Crippen LogP contribution in [-0.2, 0) is 9.59 Å². The van der Waals surface area contributed by atoms with Gasteiger partial charge >= 0.3 is 6.03 Å². The van der Waals surface area contributed by atoms with Crippen molar-refractivity contribution >= 4 is 17.8 Å². The number of rotatable bonds is 2. The van der Waals surface area contributed by atoms with Gasteiger partial charge in [0, 0.05) is 6.04 Å². The van der Waals surface area contributed by atoms with E-state index >= 15 is 0 Å². The van der Waals surface area contributed by atoms with Gasteiger partial charge in [-0.2, -0.15) is 0 Å². The SMILES string of the molecule is CC1CCC(N2C(=O)NC(=O)C(C(C)C)C2=O)CC1. The van der Waals surface area contributed by atoms with Crippen LogP contribution in [0.2, 0.25) is 0 Å². The quantitative estimate of drug-likeness (QED) is 0.776. The minimum absolute atomic E-state index is 0.0435. The molecule has 19 heavy (non-hydrogen) atoms. The second kappa shape index (κ2) is 5.31. The van der Waals surface area contributed by atoms with E-state index in [-0.39, 0.29) is 17.9 Å². The van der Waals surface area contributed by atoms with Crippen molar-refractivity contribution in [1.82, 2.24) is 10.2 Å². The van der Waals surface area contributed by atoms with Crippen molar-refractivity contribution in [3.63, 3.8) is 0 Å². The van der Waals surface area contributed by atoms with Crippen molar-refractivity contribution in [2.24, 2.45) is 17.8 Å². The van der Waals surface area contributed by atoms with Gasteiger partial charge in [0.1, 0.15) is 5.92 Å². The molecule has 0 aromatic rings. The Bertz CT molecular complexity index is 397. The number of barbiturate groups is 1. The predicted octanol–water partition coefficient (Wildman–Crippen LogP) is 1.92. The van der Waals surface area contributed by atoms with Gasteiger partial charge in [-0.3, -0.25) is 19.8 Å². The van der Waals surface area contributed by atoms with Gasteiger partial charge in [0.05, 0.1) is 0 Å². The fourth-order valence-corrected chi connectivity index (χ4v) is 3.04. The molecular formula is C14H22N2O3. The molecule has 0 radical (unpaired) electrons. The van der Waals surface area contributed by atoms with E-state index < -0.39 is 17.9 Å². The zero-order chi connectivity index (χ0) is 14.2. The minimum Gasteiger partial charge on any atom is -0.277 e. The summed E-state index contributed by atoms with van der Waals surface area (Å²) in [6, 6.07) is -0.579. The van der Waals surface area contributed by atoms with E-state index in [0.29, 0.717) is 5.92 Å². The first kappa shape index (κ1) is 14.0. The lowest BCUT2D eigenvalue weighted by Crippen LogP contribution is -2.62. The van der Waals surface area contributed by atoms with Crippen LogP contribution in [-0.4, -0.2) is 28.8 Å². The summed E-state index contributed by atoms with van der Waals surface area (Å²) < 4.78 is 0. The Morgan fingerprint density at radius 1 is 1.11 bits per heavy atom. The van der Waals surface area contributed by atoms with Crippen molar-refractivity contribution in [1.29, 1.82) is 0 Å². The molecule has 5 nitrogen and oxygen atoms in total. The lowest BCUT2D eigenvalue weighted by atomic mass is 9.84. The fourth-order valence-electron chi connectivity index (χ4n) is 3.04. The zero-order valence-electron chi connectivity index (χ0n) is 11.8. The highest BCUT2D eigenvalue weighted by atomic mass is 16.2. The zero-order valence-corrected chi connectivity index (χ0v) is 11.8. The summed E-state index contributed by atoms with van der Waals surface area (Å²) in [5, 5.41) is 2.33. The maximum atomic E-state index is 12.4. The summed E-state index contributed by atoms with van der Waals surface area (Å²) in [5.74, 6) is -0.932. The molecule has 1 unspecified atom stereocenters. The van der Waals surface area contributed by atoms with Crippen molar-refractivity contribution in [2.75, 3.05) is 0 Å². The number of carbonyl (C=O) groups excluding carboxylic acids is 3. The summed E-state index contributed by atoms with van der Waals surface area (Å²) in [5.41, 5.74) is 0. The Kier molecular flexibility index (Phi) is 3.92. The number of amides is 4. The number of urea groups is 1. The number of hydrogen-bond acceptors (Lipinski definition) is 3. The molecule has 1 aliphatic heterocycles. The van der Waals surface area contributed by atoms with Crippen molar-refractivity contribution in [3.05, 3.63) is 0 Å². The van der Waals surface area contributed by atoms with Gasteiger partial charge in [-0.25, -0.2) is 4.79 Å². The second-order valence-electron chi connectivity index (χ2n) is 6.14. The molecule has 4 amide bonds. The highest BCUT2D eigenvalue weighted by Crippen LogP contribution is 2.30. The molecule has 1 saturated heterocycles. The predicted molar refractivity (Wildman–Crippen MR) is 70.1 cm³/mol. The van der Waals surface area contributed by atoms with E-state index in [1.807, 2.05) is 13.8 Å². The largest absolute Gasteiger partial charge is 0.331 e. The number of nitrogens with zero attached hydrogens (tertiary/aromatic N) is 1. The standard InChI is InChI=1S/C14H22N2O3/c1-8(2)11-12(17)15-14(19)16(13(11)18)10-6-4-9(3)5-7-10/h8-11H,4-7H2,1-3H3,(H,15,17,19). The Hall–Kier alpha value is -1.39. The summed E-state index contributed by atoms with van der Waals surface area (Å²) in [6.45, 7) is 5.85. The first-order valence-corrected chi connectivity index (χ1v) is 7.09. The molecule has 1 N–H and O–H groups in total. The van der Waals surface area contributed by atoms with Gasteiger partial charge in [0.2, 0.25) is 11.8 Å². The van der Waals surface area contributed by atoms with E-state index in [4.69, 9.17) is 0 Å². The Balaban J connectivity index is 2.16. The highest BCUT2D eigenvalue weighted by molar-refractivity contribution is 6.16. The molecule has 1 atom stereocenters. The highest BCUT2D eigenvalue weighted by Gasteiger charge is 2.45. The van der Waals surface area contributed by atoms with Crippen LogP contribution in [0, 0.1) is 17.8 Å². The van der Waals surface area contributed by atoms with Crippen LogP contribution in [0.3, 0.4) is 0 Å². The molecule has 2 fully saturated rings. The number of imide groups is 2. The maximum Gasteiger partial charge on any atom is 0.331 e. The van der Waals surface area contributed by atoms with Crippen LogP contribution in [0.5, 0.6) is 0 Å². The lowest BCUT2D eigenvalue weighted by Gasteiger charge is -2.39. The van der Waals surface area contributed by atoms with Crippen LogP contribution < -0.4 is 5.32 Å². The third kappa shape index (κ3) is 2.65. The van der Waals surface area contributed by atoms with E-state index in [0.717, 1.165) is 25.7 Å². The molecule has 2 rings (SSSR count). The van der Waals surface area contributed by atoms with Gasteiger partial charge in [0.25, 0.3) is 0 Å². The number of hydrogen-bond donors (Lipinski definition) is 1. The summed E-state index contributed by atoms with van der Waals surface area (Å²) in [6.07, 6.45) is 3.75. The smallest absolute Gasteiger partial charge is 0.277 e. The minimum atomic E-state index is -0.725. The molecule has 1 saturated carbocycles. The summed E-state index contributed by atoms with van der Waals surface area (Å²) in [4.78, 5) is 37.4. The fraction of sp³-hybridized carbons (Fsp3) is 0.786. The van der Waals surface area contributed by atoms with Crippen molar-refractivity contribution in [3.8, 4) is 0 Å². The van der Waals surface area contributed by atoms with Gasteiger partial charge in [0.15, 0.2) is 0 Å². The van der Waals surface area contributed by atoms with Gasteiger partial charge in [-0.05, 0) is 37.5 Å². The molecule has 0 aromatic heterocycles. The van der Waals surface area contributed by atoms with Crippen LogP contribution in [0.4, 0.5) is 4.79 Å². The first-order valence-electron chi connectivity index (χ1n) is 7.09. The molecule has 5 heteroatoms. The van der Waals surface area contributed by atoms with E-state index in [9.17, 15) is 14.4 Å². The van der Waals surface area contributed by atoms with Gasteiger partial charge < -0.3 is 0 Å². The Morgan fingerprint density at radius 3 is 2.21 bits per heavy atom. The Labute approximate surface area is 113 Å². The van der Waals surface area contributed by atoms with Crippen LogP contribution in [0.25, 0.3) is 0 Å². The van der Waals surface area contributed by atoms with Crippen molar-refractivity contribution in [2.45, 2.75) is 52.5 Å². The molecule has 0 aromatic carbocycles. The molecule has 1 aliphatic carbocycles. The molecule has 1 heterocycles. The van der Waals surface area contributed by atoms with Crippen LogP contribution in [0.15, 0.2) is 0 Å². The molecule has 0 bridgehead atoms. The normalized spacial score (nSPS) is 32.7. The summed E-state index contributed by atoms with van der Waals surface area (Å²) >= 11 is 0. The number of carbonyl (C=O) groups is 3. The Morgan fingerprint density at radius 2 is 1.68 bits per heavy atom. The van der Waals surface area contributed by atoms with E-state index in [1.165, 1.54) is 4.90 Å². The monoisotopic (exact) mass is 266 g/mol. The van der Waals surface area contributed by atoms with Crippen LogP contribution in [0.1, 0.15) is 46.5 Å². The molecule has 2 aliphatic rings. The molecule has 106 valence electrons. The third-order valence-corrected chi connectivity index (χ3v) is 4.25. The van der Waals surface area contributed by atoms with Crippen LogP contribution >= 0.6 is 0 Å². The lowest BCUT2D eigenvalue weighted by molar-refractivity contribution is -0.146. The second-order valence-corrected chi connectivity index (χ2v) is 6.14. The first-order chi connectivity index (χ1) is 8.91. The average Bonchev–Trinajstić information content (AvgIpc) is 2.30. The maximum absolute atomic E-state index is 12.4. The van der Waals surface area contributed by atoms with Gasteiger partial charge in [-0.15, -0.1) is 0 Å². The third-order valence-electron chi connectivity index (χ3n) is 4.25. The molecule has 0 spiro atoms. The number of nitrogens with one attached hydrogen (secondary N) is 1. The van der Waals surface area contributed by atoms with E-state index in [2.05, 4.69) is 12.2 Å². The summed E-state index contributed by atoms with van der Waals surface area (Å²) in [7, 11) is 0. The molecular weight excluding hydrogens is 244 g/mol. The van der Waals surface area contributed by atoms with E-state index in [1.54, 1.807) is 0 Å².